The molecule has 1 aliphatic rings. The summed E-state index contributed by atoms with van der Waals surface area (Å²) in [6.45, 7) is 8.36. The first-order valence-corrected chi connectivity index (χ1v) is 4.82. The van der Waals surface area contributed by atoms with Crippen LogP contribution in [0.2, 0.25) is 0 Å². The van der Waals surface area contributed by atoms with Crippen molar-refractivity contribution in [2.45, 2.75) is 58.0 Å². The molecule has 14 heavy (non-hydrogen) atoms. The van der Waals surface area contributed by atoms with Crippen LogP contribution in [0.5, 0.6) is 0 Å². The van der Waals surface area contributed by atoms with Crippen LogP contribution < -0.4 is 21.6 Å². The Morgan fingerprint density at radius 1 is 1.07 bits per heavy atom. The van der Waals surface area contributed by atoms with Gasteiger partial charge in [-0.2, -0.15) is 5.06 Å². The summed E-state index contributed by atoms with van der Waals surface area (Å²) in [7, 11) is 0. The smallest absolute Gasteiger partial charge is 0.0410 e. The van der Waals surface area contributed by atoms with Gasteiger partial charge >= 0.3 is 0 Å². The highest BCUT2D eigenvalue weighted by Crippen LogP contribution is 2.35. The Bertz CT molecular complexity index is 149. The zero-order valence-corrected chi connectivity index (χ0v) is 11.5. The second kappa shape index (κ2) is 6.28. The Kier molecular flexibility index (Phi) is 7.65. The van der Waals surface area contributed by atoms with Crippen molar-refractivity contribution in [3.63, 3.8) is 0 Å². The summed E-state index contributed by atoms with van der Waals surface area (Å²) in [6.07, 6.45) is 3.40. The van der Waals surface area contributed by atoms with E-state index in [1.54, 1.807) is 0 Å². The van der Waals surface area contributed by atoms with Crippen LogP contribution in [0.4, 0.5) is 0 Å². The van der Waals surface area contributed by atoms with E-state index in [-0.39, 0.29) is 28.1 Å². The highest BCUT2D eigenvalue weighted by Gasteiger charge is 2.40. The number of nitrogens with zero attached hydrogens (tertiary/aromatic N) is 1. The summed E-state index contributed by atoms with van der Waals surface area (Å²) < 4.78 is 7.72. The molecule has 3 nitrogen and oxygen atoms in total. The SMILES string of the molecule is CC1(C)CCCC(C)(C)N1O.[Br-].[O-]Cl. The Morgan fingerprint density at radius 3 is 1.57 bits per heavy atom. The molecular weight excluding hydrogens is 269 g/mol. The van der Waals surface area contributed by atoms with Crippen molar-refractivity contribution in [2.24, 2.45) is 0 Å². The third kappa shape index (κ3) is 4.03. The summed E-state index contributed by atoms with van der Waals surface area (Å²) in [5, 5.41) is 11.3. The fraction of sp³-hybridized carbons (Fsp3) is 1.00. The minimum absolute atomic E-state index is 0. The maximum absolute atomic E-state index is 9.80. The molecule has 1 fully saturated rings. The highest BCUT2D eigenvalue weighted by atomic mass is 79.9. The maximum Gasteiger partial charge on any atom is 0.0410 e. The van der Waals surface area contributed by atoms with E-state index < -0.39 is 0 Å². The van der Waals surface area contributed by atoms with Crippen molar-refractivity contribution < 1.29 is 26.8 Å². The molecule has 0 aromatic carbocycles. The molecule has 1 saturated heterocycles. The molecule has 1 N–H and O–H groups in total. The molecule has 0 aromatic rings. The molecule has 0 saturated carbocycles. The number of hydroxylamine groups is 2. The molecule has 5 heteroatoms. The predicted octanol–water partition coefficient (Wildman–Crippen LogP) is -1.08. The van der Waals surface area contributed by atoms with E-state index in [9.17, 15) is 5.21 Å². The van der Waals surface area contributed by atoms with Crippen LogP contribution in [0.1, 0.15) is 47.0 Å². The van der Waals surface area contributed by atoms with E-state index in [4.69, 9.17) is 4.66 Å². The minimum atomic E-state index is -0.0399. The lowest BCUT2D eigenvalue weighted by Crippen LogP contribution is -3.00. The zero-order valence-electron chi connectivity index (χ0n) is 9.18. The van der Waals surface area contributed by atoms with Gasteiger partial charge in [0, 0.05) is 11.1 Å². The van der Waals surface area contributed by atoms with Crippen LogP contribution in [-0.4, -0.2) is 21.3 Å². The second-order valence-corrected chi connectivity index (χ2v) is 4.79. The molecule has 0 atom stereocenters. The molecule has 0 bridgehead atoms. The first kappa shape index (κ1) is 17.1. The van der Waals surface area contributed by atoms with Gasteiger partial charge in [0.2, 0.25) is 0 Å². The van der Waals surface area contributed by atoms with E-state index in [1.165, 1.54) is 11.5 Å². The average Bonchev–Trinajstić information content (AvgIpc) is 2.04. The van der Waals surface area contributed by atoms with Gasteiger partial charge in [0.1, 0.15) is 0 Å². The fourth-order valence-electron chi connectivity index (χ4n) is 1.98. The Morgan fingerprint density at radius 2 is 1.36 bits per heavy atom. The number of halogens is 2. The van der Waals surface area contributed by atoms with Crippen molar-refractivity contribution in [1.29, 1.82) is 0 Å². The van der Waals surface area contributed by atoms with Gasteiger partial charge in [-0.15, -0.1) is 0 Å². The van der Waals surface area contributed by atoms with Gasteiger partial charge in [-0.3, -0.25) is 0 Å². The van der Waals surface area contributed by atoms with Crippen LogP contribution in [0.3, 0.4) is 0 Å². The first-order chi connectivity index (χ1) is 5.86. The molecule has 0 radical (unpaired) electrons. The van der Waals surface area contributed by atoms with Crippen molar-refractivity contribution in [3.8, 4) is 0 Å². The van der Waals surface area contributed by atoms with Crippen LogP contribution in [0.15, 0.2) is 0 Å². The van der Waals surface area contributed by atoms with Gasteiger partial charge in [-0.25, -0.2) is 11.9 Å². The summed E-state index contributed by atoms with van der Waals surface area (Å²) in [6, 6.07) is 0. The van der Waals surface area contributed by atoms with E-state index in [1.807, 2.05) is 0 Å². The second-order valence-electron chi connectivity index (χ2n) is 4.79. The molecule has 0 aliphatic carbocycles. The fourth-order valence-corrected chi connectivity index (χ4v) is 1.98. The first-order valence-electron chi connectivity index (χ1n) is 4.51. The van der Waals surface area contributed by atoms with Gasteiger partial charge in [0.05, 0.1) is 0 Å². The lowest BCUT2D eigenvalue weighted by Gasteiger charge is -2.48. The lowest BCUT2D eigenvalue weighted by atomic mass is 9.82. The van der Waals surface area contributed by atoms with E-state index >= 15 is 0 Å². The number of hydrogen-bond acceptors (Lipinski definition) is 3. The molecule has 0 spiro atoms. The summed E-state index contributed by atoms with van der Waals surface area (Å²) >= 11 is 3.39. The normalized spacial score (nSPS) is 24.2. The average molecular weight is 289 g/mol. The Hall–Kier alpha value is 0.650. The predicted molar refractivity (Wildman–Crippen MR) is 51.5 cm³/mol. The Labute approximate surface area is 102 Å². The zero-order chi connectivity index (χ0) is 10.7. The van der Waals surface area contributed by atoms with Gasteiger partial charge in [0.25, 0.3) is 0 Å². The van der Waals surface area contributed by atoms with Crippen molar-refractivity contribution >= 4 is 11.9 Å². The largest absolute Gasteiger partial charge is 1.00 e. The summed E-state index contributed by atoms with van der Waals surface area (Å²) in [5.41, 5.74) is -0.0799. The molecule has 1 rings (SSSR count). The number of rotatable bonds is 0. The van der Waals surface area contributed by atoms with E-state index in [0.717, 1.165) is 12.8 Å². The van der Waals surface area contributed by atoms with E-state index in [0.29, 0.717) is 0 Å². The minimum Gasteiger partial charge on any atom is -1.00 e. The monoisotopic (exact) mass is 287 g/mol. The third-order valence-electron chi connectivity index (χ3n) is 2.72. The molecule has 1 heterocycles. The molecule has 88 valence electrons. The number of piperidine rings is 1. The van der Waals surface area contributed by atoms with Crippen LogP contribution in [-0.2, 0) is 0 Å². The quantitative estimate of drug-likeness (QED) is 0.617. The van der Waals surface area contributed by atoms with Crippen molar-refractivity contribution in [3.05, 3.63) is 0 Å². The lowest BCUT2D eigenvalue weighted by molar-refractivity contribution is -0.241. The van der Waals surface area contributed by atoms with Gasteiger partial charge in [-0.05, 0) is 47.0 Å². The van der Waals surface area contributed by atoms with Crippen molar-refractivity contribution in [2.75, 3.05) is 0 Å². The molecule has 1 aliphatic heterocycles. The highest BCUT2D eigenvalue weighted by molar-refractivity contribution is 6.02. The standard InChI is InChI=1S/C9H19NO.BrH.ClO/c1-8(2)6-5-7-9(3,4)10(8)11;;1-2/h11H,5-7H2,1-4H3;1H;/q;;-1/p-1. The van der Waals surface area contributed by atoms with Crippen molar-refractivity contribution in [1.82, 2.24) is 5.06 Å². The summed E-state index contributed by atoms with van der Waals surface area (Å²) in [5.74, 6) is 0. The van der Waals surface area contributed by atoms with Crippen LogP contribution in [0.25, 0.3) is 0 Å². The topological polar surface area (TPSA) is 46.5 Å². The number of hydrogen-bond donors (Lipinski definition) is 1. The van der Waals surface area contributed by atoms with Gasteiger partial charge < -0.3 is 26.8 Å². The van der Waals surface area contributed by atoms with Gasteiger partial charge in [-0.1, -0.05) is 0 Å². The molecular formula is C9H19BrClNO2-2. The molecule has 0 amide bonds. The maximum atomic E-state index is 9.80. The Balaban J connectivity index is 0. The van der Waals surface area contributed by atoms with Crippen LogP contribution in [0, 0.1) is 0 Å². The van der Waals surface area contributed by atoms with Gasteiger partial charge in [0.15, 0.2) is 0 Å². The van der Waals surface area contributed by atoms with E-state index in [2.05, 4.69) is 39.6 Å². The third-order valence-corrected chi connectivity index (χ3v) is 2.72. The van der Waals surface area contributed by atoms with Crippen LogP contribution >= 0.6 is 11.9 Å². The molecule has 0 aromatic heterocycles. The molecule has 0 unspecified atom stereocenters. The summed E-state index contributed by atoms with van der Waals surface area (Å²) in [4.78, 5) is 0.